The fourth-order valence-electron chi connectivity index (χ4n) is 3.39. The van der Waals surface area contributed by atoms with E-state index in [9.17, 15) is 4.79 Å². The summed E-state index contributed by atoms with van der Waals surface area (Å²) in [6.07, 6.45) is 8.29. The van der Waals surface area contributed by atoms with Crippen molar-refractivity contribution >= 4 is 22.8 Å². The first-order valence-corrected chi connectivity index (χ1v) is 9.96. The molecule has 0 unspecified atom stereocenters. The van der Waals surface area contributed by atoms with E-state index in [1.807, 2.05) is 43.3 Å². The largest absolute Gasteiger partial charge is 0.445 e. The minimum atomic E-state index is -0.351. The molecule has 0 atom stereocenters. The number of fused-ring (bicyclic) bond motifs is 1. The minimum Gasteiger partial charge on any atom is -0.445 e. The third kappa shape index (κ3) is 4.04. The first kappa shape index (κ1) is 19.4. The van der Waals surface area contributed by atoms with Gasteiger partial charge in [-0.1, -0.05) is 12.1 Å². The maximum absolute atomic E-state index is 12.4. The molecule has 4 aromatic heterocycles. The topological polar surface area (TPSA) is 111 Å². The Morgan fingerprint density at radius 3 is 2.84 bits per heavy atom. The Morgan fingerprint density at radius 2 is 2.00 bits per heavy atom. The number of oxazole rings is 1. The smallest absolute Gasteiger partial charge is 0.320 e. The fraction of sp³-hybridized carbons (Fsp3) is 0.0870. The molecule has 0 radical (unpaired) electrons. The summed E-state index contributed by atoms with van der Waals surface area (Å²) in [6, 6.07) is 12.9. The Kier molecular flexibility index (Phi) is 5.04. The molecular formula is C23H19N7O2. The molecule has 0 bridgehead atoms. The lowest BCUT2D eigenvalue weighted by molar-refractivity contribution is 0.251. The second-order valence-electron chi connectivity index (χ2n) is 7.19. The number of benzene rings is 1. The summed E-state index contributed by atoms with van der Waals surface area (Å²) >= 11 is 0. The zero-order valence-corrected chi connectivity index (χ0v) is 17.2. The lowest BCUT2D eigenvalue weighted by atomic mass is 10.1. The predicted octanol–water partition coefficient (Wildman–Crippen LogP) is 4.10. The number of anilines is 1. The van der Waals surface area contributed by atoms with Gasteiger partial charge in [-0.05, 0) is 42.8 Å². The SMILES string of the molecule is Cc1cc(-n2ncc3cc(NC(=O)NCc4cccc(-c5ncco5)c4)ncc32)ccn1. The minimum absolute atomic E-state index is 0.349. The van der Waals surface area contributed by atoms with Gasteiger partial charge in [0, 0.05) is 29.4 Å². The van der Waals surface area contributed by atoms with E-state index in [0.29, 0.717) is 18.3 Å². The van der Waals surface area contributed by atoms with Gasteiger partial charge in [-0.2, -0.15) is 5.10 Å². The first-order valence-electron chi connectivity index (χ1n) is 9.96. The number of rotatable bonds is 5. The van der Waals surface area contributed by atoms with E-state index in [-0.39, 0.29) is 6.03 Å². The van der Waals surface area contributed by atoms with Gasteiger partial charge in [-0.25, -0.2) is 19.4 Å². The van der Waals surface area contributed by atoms with Gasteiger partial charge in [0.1, 0.15) is 12.1 Å². The summed E-state index contributed by atoms with van der Waals surface area (Å²) in [5, 5.41) is 10.9. The molecule has 0 saturated carbocycles. The van der Waals surface area contributed by atoms with Gasteiger partial charge in [0.25, 0.3) is 0 Å². The van der Waals surface area contributed by atoms with Crippen molar-refractivity contribution in [3.63, 3.8) is 0 Å². The highest BCUT2D eigenvalue weighted by Crippen LogP contribution is 2.21. The van der Waals surface area contributed by atoms with Crippen LogP contribution in [0.3, 0.4) is 0 Å². The number of carbonyl (C=O) groups is 1. The van der Waals surface area contributed by atoms with Crippen LogP contribution in [0.5, 0.6) is 0 Å². The van der Waals surface area contributed by atoms with E-state index in [1.165, 1.54) is 6.26 Å². The summed E-state index contributed by atoms with van der Waals surface area (Å²) in [5.74, 6) is 0.977. The average molecular weight is 425 g/mol. The van der Waals surface area contributed by atoms with Crippen molar-refractivity contribution < 1.29 is 9.21 Å². The predicted molar refractivity (Wildman–Crippen MR) is 119 cm³/mol. The van der Waals surface area contributed by atoms with Crippen molar-refractivity contribution in [3.8, 4) is 17.1 Å². The first-order chi connectivity index (χ1) is 15.7. The second kappa shape index (κ2) is 8.31. The fourth-order valence-corrected chi connectivity index (χ4v) is 3.39. The van der Waals surface area contributed by atoms with Crippen LogP contribution in [0.1, 0.15) is 11.3 Å². The van der Waals surface area contributed by atoms with Crippen molar-refractivity contribution in [2.45, 2.75) is 13.5 Å². The molecule has 158 valence electrons. The number of pyridine rings is 2. The lowest BCUT2D eigenvalue weighted by Crippen LogP contribution is -2.28. The molecule has 9 nitrogen and oxygen atoms in total. The number of hydrogen-bond donors (Lipinski definition) is 2. The standard InChI is InChI=1S/C23H19N7O2/c1-15-9-19(5-6-24-15)30-20-14-26-21(11-18(20)13-28-30)29-23(31)27-12-16-3-2-4-17(10-16)22-25-7-8-32-22/h2-11,13-14H,12H2,1H3,(H2,26,27,29,31). The summed E-state index contributed by atoms with van der Waals surface area (Å²) in [6.45, 7) is 2.28. The Morgan fingerprint density at radius 1 is 1.06 bits per heavy atom. The van der Waals surface area contributed by atoms with Crippen LogP contribution < -0.4 is 10.6 Å². The zero-order valence-electron chi connectivity index (χ0n) is 17.2. The molecule has 2 amide bonds. The van der Waals surface area contributed by atoms with Gasteiger partial charge in [-0.15, -0.1) is 0 Å². The maximum atomic E-state index is 12.4. The Hall–Kier alpha value is -4.53. The lowest BCUT2D eigenvalue weighted by Gasteiger charge is -2.08. The van der Waals surface area contributed by atoms with Crippen LogP contribution >= 0.6 is 0 Å². The average Bonchev–Trinajstić information content (AvgIpc) is 3.48. The molecule has 0 saturated heterocycles. The molecule has 0 aliphatic carbocycles. The van der Waals surface area contributed by atoms with Crippen molar-refractivity contribution in [1.29, 1.82) is 0 Å². The highest BCUT2D eigenvalue weighted by molar-refractivity contribution is 5.91. The summed E-state index contributed by atoms with van der Waals surface area (Å²) in [7, 11) is 0. The summed E-state index contributed by atoms with van der Waals surface area (Å²) in [4.78, 5) is 25.1. The van der Waals surface area contributed by atoms with E-state index in [4.69, 9.17) is 4.42 Å². The Labute approximate surface area is 183 Å². The van der Waals surface area contributed by atoms with Crippen LogP contribution in [0, 0.1) is 6.92 Å². The van der Waals surface area contributed by atoms with Gasteiger partial charge in [0.15, 0.2) is 0 Å². The monoisotopic (exact) mass is 425 g/mol. The van der Waals surface area contributed by atoms with Crippen molar-refractivity contribution in [1.82, 2.24) is 30.0 Å². The van der Waals surface area contributed by atoms with Crippen molar-refractivity contribution in [3.05, 3.63) is 84.8 Å². The number of hydrogen-bond acceptors (Lipinski definition) is 6. The van der Waals surface area contributed by atoms with Crippen molar-refractivity contribution in [2.24, 2.45) is 0 Å². The number of nitrogens with zero attached hydrogens (tertiary/aromatic N) is 5. The van der Waals surface area contributed by atoms with Crippen LogP contribution in [0.25, 0.3) is 28.0 Å². The number of aromatic nitrogens is 5. The molecule has 0 fully saturated rings. The Balaban J connectivity index is 1.26. The van der Waals surface area contributed by atoms with Gasteiger partial charge in [0.05, 0.1) is 29.8 Å². The van der Waals surface area contributed by atoms with Gasteiger partial charge in [0.2, 0.25) is 5.89 Å². The van der Waals surface area contributed by atoms with E-state index in [2.05, 4.69) is 30.7 Å². The molecule has 4 heterocycles. The molecule has 1 aromatic carbocycles. The number of carbonyl (C=O) groups excluding carboxylic acids is 1. The summed E-state index contributed by atoms with van der Waals surface area (Å²) < 4.78 is 7.11. The maximum Gasteiger partial charge on any atom is 0.320 e. The molecule has 5 aromatic rings. The molecular weight excluding hydrogens is 406 g/mol. The molecule has 5 rings (SSSR count). The second-order valence-corrected chi connectivity index (χ2v) is 7.19. The van der Waals surface area contributed by atoms with Crippen LogP contribution in [-0.4, -0.2) is 30.8 Å². The van der Waals surface area contributed by atoms with Crippen LogP contribution in [0.15, 0.2) is 77.9 Å². The van der Waals surface area contributed by atoms with Crippen LogP contribution in [-0.2, 0) is 6.54 Å². The third-order valence-electron chi connectivity index (χ3n) is 4.88. The zero-order chi connectivity index (χ0) is 21.9. The van der Waals surface area contributed by atoms with Gasteiger partial charge in [-0.3, -0.25) is 10.3 Å². The molecule has 9 heteroatoms. The van der Waals surface area contributed by atoms with E-state index >= 15 is 0 Å². The van der Waals surface area contributed by atoms with Crippen LogP contribution in [0.4, 0.5) is 10.6 Å². The van der Waals surface area contributed by atoms with Crippen LogP contribution in [0.2, 0.25) is 0 Å². The van der Waals surface area contributed by atoms with E-state index in [1.54, 1.807) is 35.5 Å². The van der Waals surface area contributed by atoms with E-state index in [0.717, 1.165) is 33.4 Å². The number of aryl methyl sites for hydroxylation is 1. The molecule has 32 heavy (non-hydrogen) atoms. The number of amides is 2. The third-order valence-corrected chi connectivity index (χ3v) is 4.88. The molecule has 0 spiro atoms. The Bertz CT molecular complexity index is 1390. The number of nitrogens with one attached hydrogen (secondary N) is 2. The highest BCUT2D eigenvalue weighted by Gasteiger charge is 2.10. The molecule has 2 N–H and O–H groups in total. The quantitative estimate of drug-likeness (QED) is 0.439. The normalized spacial score (nSPS) is 10.9. The van der Waals surface area contributed by atoms with Gasteiger partial charge < -0.3 is 9.73 Å². The number of urea groups is 1. The molecule has 0 aliphatic heterocycles. The molecule has 0 aliphatic rings. The van der Waals surface area contributed by atoms with Gasteiger partial charge >= 0.3 is 6.03 Å². The summed E-state index contributed by atoms with van der Waals surface area (Å²) in [5.41, 5.74) is 4.42. The van der Waals surface area contributed by atoms with Crippen molar-refractivity contribution in [2.75, 3.05) is 5.32 Å². The highest BCUT2D eigenvalue weighted by atomic mass is 16.3. The van der Waals surface area contributed by atoms with E-state index < -0.39 is 0 Å².